The Labute approximate surface area is 111 Å². The number of phenolic OH excluding ortho intramolecular Hbond substituents is 1. The number of amides is 1. The molecule has 0 spiro atoms. The minimum absolute atomic E-state index is 0.0569. The van der Waals surface area contributed by atoms with Gasteiger partial charge in [-0.2, -0.15) is 0 Å². The molecule has 1 amide bonds. The number of aromatic hydroxyl groups is 1. The number of phenols is 1. The molecule has 1 aliphatic carbocycles. The van der Waals surface area contributed by atoms with Crippen LogP contribution in [0.15, 0.2) is 18.2 Å². The highest BCUT2D eigenvalue weighted by atomic mass is 19.1. The monoisotopic (exact) mass is 267 g/mol. The van der Waals surface area contributed by atoms with E-state index < -0.39 is 11.7 Å². The van der Waals surface area contributed by atoms with Crippen molar-refractivity contribution in [2.45, 2.75) is 38.3 Å². The van der Waals surface area contributed by atoms with Gasteiger partial charge in [-0.25, -0.2) is 4.39 Å². The van der Waals surface area contributed by atoms with Crippen molar-refractivity contribution in [3.8, 4) is 5.75 Å². The summed E-state index contributed by atoms with van der Waals surface area (Å²) in [4.78, 5) is 12.0. The molecule has 1 aliphatic rings. The summed E-state index contributed by atoms with van der Waals surface area (Å²) in [6.45, 7) is 1.95. The van der Waals surface area contributed by atoms with Crippen LogP contribution in [0.2, 0.25) is 0 Å². The van der Waals surface area contributed by atoms with Gasteiger partial charge in [0.2, 0.25) is 0 Å². The SMILES string of the molecule is CCC(NC(=O)c1cc(F)ccc1O)C1CC(O)C1. The molecule has 0 aliphatic heterocycles. The van der Waals surface area contributed by atoms with Crippen LogP contribution < -0.4 is 5.32 Å². The summed E-state index contributed by atoms with van der Waals surface area (Å²) >= 11 is 0. The summed E-state index contributed by atoms with van der Waals surface area (Å²) < 4.78 is 13.1. The number of halogens is 1. The lowest BCUT2D eigenvalue weighted by Crippen LogP contribution is -2.46. The third kappa shape index (κ3) is 3.04. The number of carbonyl (C=O) groups excluding carboxylic acids is 1. The van der Waals surface area contributed by atoms with Crippen molar-refractivity contribution in [2.24, 2.45) is 5.92 Å². The molecule has 0 bridgehead atoms. The van der Waals surface area contributed by atoms with E-state index in [2.05, 4.69) is 5.32 Å². The van der Waals surface area contributed by atoms with Crippen LogP contribution in [0.3, 0.4) is 0 Å². The predicted octanol–water partition coefficient (Wildman–Crippen LogP) is 1.81. The Morgan fingerprint density at radius 2 is 2.21 bits per heavy atom. The zero-order valence-corrected chi connectivity index (χ0v) is 10.8. The average Bonchev–Trinajstić information content (AvgIpc) is 2.35. The highest BCUT2D eigenvalue weighted by Gasteiger charge is 2.34. The molecule has 0 saturated heterocycles. The quantitative estimate of drug-likeness (QED) is 0.779. The maximum atomic E-state index is 13.1. The summed E-state index contributed by atoms with van der Waals surface area (Å²) in [7, 11) is 0. The van der Waals surface area contributed by atoms with Gasteiger partial charge in [-0.05, 0) is 43.4 Å². The number of benzene rings is 1. The molecule has 0 aromatic heterocycles. The van der Waals surface area contributed by atoms with E-state index in [-0.39, 0.29) is 29.4 Å². The number of nitrogens with one attached hydrogen (secondary N) is 1. The van der Waals surface area contributed by atoms with Crippen molar-refractivity contribution in [1.29, 1.82) is 0 Å². The second-order valence-electron chi connectivity index (χ2n) is 5.03. The molecule has 104 valence electrons. The van der Waals surface area contributed by atoms with E-state index in [0.717, 1.165) is 24.6 Å². The van der Waals surface area contributed by atoms with E-state index in [1.807, 2.05) is 6.92 Å². The lowest BCUT2D eigenvalue weighted by molar-refractivity contribution is 0.0232. The molecule has 1 fully saturated rings. The predicted molar refractivity (Wildman–Crippen MR) is 68.3 cm³/mol. The molecule has 1 aromatic carbocycles. The molecule has 1 unspecified atom stereocenters. The number of carbonyl (C=O) groups is 1. The molecule has 3 N–H and O–H groups in total. The third-order valence-corrected chi connectivity index (χ3v) is 3.68. The Morgan fingerprint density at radius 3 is 2.79 bits per heavy atom. The molecule has 0 heterocycles. The fourth-order valence-electron chi connectivity index (χ4n) is 2.45. The zero-order chi connectivity index (χ0) is 14.0. The molecule has 0 radical (unpaired) electrons. The topological polar surface area (TPSA) is 69.6 Å². The lowest BCUT2D eigenvalue weighted by atomic mass is 9.76. The molecule has 4 nitrogen and oxygen atoms in total. The van der Waals surface area contributed by atoms with Gasteiger partial charge >= 0.3 is 0 Å². The summed E-state index contributed by atoms with van der Waals surface area (Å²) in [6, 6.07) is 3.23. The smallest absolute Gasteiger partial charge is 0.255 e. The van der Waals surface area contributed by atoms with Gasteiger partial charge < -0.3 is 15.5 Å². The van der Waals surface area contributed by atoms with Crippen molar-refractivity contribution >= 4 is 5.91 Å². The molecular formula is C14H18FNO3. The van der Waals surface area contributed by atoms with Crippen LogP contribution >= 0.6 is 0 Å². The van der Waals surface area contributed by atoms with Crippen molar-refractivity contribution < 1.29 is 19.4 Å². The normalized spacial score (nSPS) is 23.5. The van der Waals surface area contributed by atoms with Crippen molar-refractivity contribution in [3.05, 3.63) is 29.6 Å². The molecular weight excluding hydrogens is 249 g/mol. The largest absolute Gasteiger partial charge is 0.507 e. The van der Waals surface area contributed by atoms with Gasteiger partial charge in [0.05, 0.1) is 11.7 Å². The van der Waals surface area contributed by atoms with Gasteiger partial charge in [0.1, 0.15) is 11.6 Å². The zero-order valence-electron chi connectivity index (χ0n) is 10.8. The van der Waals surface area contributed by atoms with E-state index in [1.54, 1.807) is 0 Å². The van der Waals surface area contributed by atoms with E-state index >= 15 is 0 Å². The van der Waals surface area contributed by atoms with Crippen molar-refractivity contribution in [1.82, 2.24) is 5.32 Å². The Bertz CT molecular complexity index is 472. The number of hydrogen-bond acceptors (Lipinski definition) is 3. The minimum Gasteiger partial charge on any atom is -0.507 e. The van der Waals surface area contributed by atoms with Crippen LogP contribution in [0.25, 0.3) is 0 Å². The maximum absolute atomic E-state index is 13.1. The number of rotatable bonds is 4. The van der Waals surface area contributed by atoms with E-state index in [1.165, 1.54) is 0 Å². The van der Waals surface area contributed by atoms with E-state index in [4.69, 9.17) is 0 Å². The first-order chi connectivity index (χ1) is 9.01. The van der Waals surface area contributed by atoms with Gasteiger partial charge in [-0.1, -0.05) is 6.92 Å². The highest BCUT2D eigenvalue weighted by Crippen LogP contribution is 2.31. The minimum atomic E-state index is -0.560. The molecule has 2 rings (SSSR count). The van der Waals surface area contributed by atoms with Crippen LogP contribution in [0.5, 0.6) is 5.75 Å². The van der Waals surface area contributed by atoms with E-state index in [9.17, 15) is 19.4 Å². The Kier molecular flexibility index (Phi) is 4.04. The second kappa shape index (κ2) is 5.57. The van der Waals surface area contributed by atoms with Gasteiger partial charge in [0.15, 0.2) is 0 Å². The fraction of sp³-hybridized carbons (Fsp3) is 0.500. The lowest BCUT2D eigenvalue weighted by Gasteiger charge is -2.37. The third-order valence-electron chi connectivity index (χ3n) is 3.68. The Hall–Kier alpha value is -1.62. The first-order valence-electron chi connectivity index (χ1n) is 6.48. The van der Waals surface area contributed by atoms with Gasteiger partial charge in [0, 0.05) is 6.04 Å². The molecule has 1 atom stereocenters. The van der Waals surface area contributed by atoms with Crippen LogP contribution in [0.1, 0.15) is 36.5 Å². The van der Waals surface area contributed by atoms with Crippen LogP contribution in [-0.4, -0.2) is 28.3 Å². The van der Waals surface area contributed by atoms with Gasteiger partial charge in [0.25, 0.3) is 5.91 Å². The summed E-state index contributed by atoms with van der Waals surface area (Å²) in [5.41, 5.74) is -0.0571. The van der Waals surface area contributed by atoms with Crippen molar-refractivity contribution in [3.63, 3.8) is 0 Å². The maximum Gasteiger partial charge on any atom is 0.255 e. The van der Waals surface area contributed by atoms with Crippen LogP contribution in [0.4, 0.5) is 4.39 Å². The highest BCUT2D eigenvalue weighted by molar-refractivity contribution is 5.97. The molecule has 5 heteroatoms. The summed E-state index contributed by atoms with van der Waals surface area (Å²) in [5.74, 6) is -1.03. The van der Waals surface area contributed by atoms with Crippen molar-refractivity contribution in [2.75, 3.05) is 0 Å². The van der Waals surface area contributed by atoms with E-state index in [0.29, 0.717) is 12.8 Å². The molecule has 1 saturated carbocycles. The Morgan fingerprint density at radius 1 is 1.53 bits per heavy atom. The number of hydrogen-bond donors (Lipinski definition) is 3. The number of aliphatic hydroxyl groups excluding tert-OH is 1. The summed E-state index contributed by atoms with van der Waals surface area (Å²) in [6.07, 6.45) is 1.81. The second-order valence-corrected chi connectivity index (χ2v) is 5.03. The van der Waals surface area contributed by atoms with Gasteiger partial charge in [-0.15, -0.1) is 0 Å². The fourth-order valence-corrected chi connectivity index (χ4v) is 2.45. The first-order valence-corrected chi connectivity index (χ1v) is 6.48. The Balaban J connectivity index is 2.05. The van der Waals surface area contributed by atoms with Crippen LogP contribution in [0, 0.1) is 11.7 Å². The number of aliphatic hydroxyl groups is 1. The van der Waals surface area contributed by atoms with Crippen LogP contribution in [-0.2, 0) is 0 Å². The summed E-state index contributed by atoms with van der Waals surface area (Å²) in [5, 5.41) is 21.7. The standard InChI is InChI=1S/C14H18FNO3/c1-2-12(8-5-10(17)6-8)16-14(19)11-7-9(15)3-4-13(11)18/h3-4,7-8,10,12,17-18H,2,5-6H2,1H3,(H,16,19). The molecule has 1 aromatic rings. The molecule has 19 heavy (non-hydrogen) atoms. The first kappa shape index (κ1) is 13.8. The van der Waals surface area contributed by atoms with Gasteiger partial charge in [-0.3, -0.25) is 4.79 Å². The average molecular weight is 267 g/mol.